The summed E-state index contributed by atoms with van der Waals surface area (Å²) in [6.45, 7) is 6.29. The average Bonchev–Trinajstić information content (AvgIpc) is 2.42. The van der Waals surface area contributed by atoms with Crippen LogP contribution < -0.4 is 16.4 Å². The number of nitrogens with one attached hydrogen (secondary N) is 2. The van der Waals surface area contributed by atoms with Gasteiger partial charge in [0.25, 0.3) is 0 Å². The molecular formula is C15H23N3O2. The highest BCUT2D eigenvalue weighted by Gasteiger charge is 2.23. The summed E-state index contributed by atoms with van der Waals surface area (Å²) < 4.78 is 0. The molecule has 0 radical (unpaired) electrons. The third kappa shape index (κ3) is 4.91. The van der Waals surface area contributed by atoms with E-state index in [1.165, 1.54) is 0 Å². The van der Waals surface area contributed by atoms with Crippen molar-refractivity contribution < 1.29 is 9.59 Å². The number of hydrogen-bond acceptors (Lipinski definition) is 2. The van der Waals surface area contributed by atoms with Crippen molar-refractivity contribution in [2.75, 3.05) is 6.54 Å². The molecule has 2 atom stereocenters. The Balaban J connectivity index is 2.55. The maximum Gasteiger partial charge on any atom is 0.312 e. The van der Waals surface area contributed by atoms with Gasteiger partial charge in [-0.15, -0.1) is 0 Å². The number of amides is 3. The molecule has 0 heterocycles. The number of benzene rings is 1. The van der Waals surface area contributed by atoms with E-state index in [1.54, 1.807) is 0 Å². The summed E-state index contributed by atoms with van der Waals surface area (Å²) in [5.41, 5.74) is 6.25. The van der Waals surface area contributed by atoms with E-state index in [1.807, 2.05) is 51.1 Å². The van der Waals surface area contributed by atoms with E-state index in [4.69, 9.17) is 5.73 Å². The Hall–Kier alpha value is -2.04. The number of rotatable bonds is 6. The average molecular weight is 277 g/mol. The third-order valence-electron chi connectivity index (χ3n) is 3.20. The largest absolute Gasteiger partial charge is 0.354 e. The van der Waals surface area contributed by atoms with Crippen molar-refractivity contribution in [1.82, 2.24) is 10.6 Å². The molecule has 0 unspecified atom stereocenters. The molecule has 3 amide bonds. The van der Waals surface area contributed by atoms with Gasteiger partial charge in [-0.25, -0.2) is 4.79 Å². The van der Waals surface area contributed by atoms with Gasteiger partial charge in [0.15, 0.2) is 0 Å². The summed E-state index contributed by atoms with van der Waals surface area (Å²) in [6.07, 6.45) is 0. The van der Waals surface area contributed by atoms with Crippen molar-refractivity contribution in [3.05, 3.63) is 35.9 Å². The first-order valence-electron chi connectivity index (χ1n) is 6.80. The molecule has 5 heteroatoms. The SMILES string of the molecule is CC(C)[C@H](NC(N)=O)C(=O)NC[C@@H](C)c1ccccc1. The standard InChI is InChI=1S/C15H23N3O2/c1-10(2)13(18-15(16)20)14(19)17-9-11(3)12-7-5-4-6-8-12/h4-8,10-11,13H,9H2,1-3H3,(H,17,19)(H3,16,18,20)/t11-,13+/m1/s1. The minimum Gasteiger partial charge on any atom is -0.354 e. The molecule has 0 aliphatic carbocycles. The molecule has 1 aromatic rings. The zero-order valence-electron chi connectivity index (χ0n) is 12.2. The van der Waals surface area contributed by atoms with E-state index in [2.05, 4.69) is 10.6 Å². The predicted octanol–water partition coefficient (Wildman–Crippen LogP) is 1.60. The van der Waals surface area contributed by atoms with Crippen LogP contribution in [0.3, 0.4) is 0 Å². The van der Waals surface area contributed by atoms with E-state index < -0.39 is 12.1 Å². The van der Waals surface area contributed by atoms with Crippen LogP contribution in [-0.2, 0) is 4.79 Å². The summed E-state index contributed by atoms with van der Waals surface area (Å²) in [5.74, 6) is -0.0161. The molecule has 110 valence electrons. The van der Waals surface area contributed by atoms with Crippen molar-refractivity contribution >= 4 is 11.9 Å². The van der Waals surface area contributed by atoms with Gasteiger partial charge in [-0.1, -0.05) is 51.1 Å². The molecule has 0 spiro atoms. The Morgan fingerprint density at radius 1 is 1.15 bits per heavy atom. The van der Waals surface area contributed by atoms with Crippen molar-refractivity contribution in [3.63, 3.8) is 0 Å². The molecule has 0 aliphatic rings. The molecule has 0 saturated carbocycles. The lowest BCUT2D eigenvalue weighted by molar-refractivity contribution is -0.123. The maximum absolute atomic E-state index is 12.1. The quantitative estimate of drug-likeness (QED) is 0.738. The van der Waals surface area contributed by atoms with Crippen LogP contribution >= 0.6 is 0 Å². The van der Waals surface area contributed by atoms with Crippen molar-refractivity contribution in [1.29, 1.82) is 0 Å². The minimum absolute atomic E-state index is 0.0190. The van der Waals surface area contributed by atoms with Gasteiger partial charge in [-0.3, -0.25) is 4.79 Å². The fraction of sp³-hybridized carbons (Fsp3) is 0.467. The topological polar surface area (TPSA) is 84.2 Å². The Kier molecular flexibility index (Phi) is 6.03. The van der Waals surface area contributed by atoms with Crippen LogP contribution in [0.2, 0.25) is 0 Å². The first-order chi connectivity index (χ1) is 9.41. The lowest BCUT2D eigenvalue weighted by atomic mass is 10.00. The van der Waals surface area contributed by atoms with Gasteiger partial charge in [0.05, 0.1) is 0 Å². The van der Waals surface area contributed by atoms with E-state index in [0.29, 0.717) is 6.54 Å². The molecular weight excluding hydrogens is 254 g/mol. The molecule has 0 saturated heterocycles. The van der Waals surface area contributed by atoms with Crippen LogP contribution in [0.5, 0.6) is 0 Å². The van der Waals surface area contributed by atoms with Crippen LogP contribution in [-0.4, -0.2) is 24.5 Å². The predicted molar refractivity (Wildman–Crippen MR) is 79.2 cm³/mol. The van der Waals surface area contributed by atoms with Crippen LogP contribution in [0, 0.1) is 5.92 Å². The second kappa shape index (κ2) is 7.53. The molecule has 1 rings (SSSR count). The Morgan fingerprint density at radius 3 is 2.25 bits per heavy atom. The molecule has 1 aromatic carbocycles. The van der Waals surface area contributed by atoms with Crippen LogP contribution in [0.15, 0.2) is 30.3 Å². The number of carbonyl (C=O) groups excluding carboxylic acids is 2. The van der Waals surface area contributed by atoms with Crippen molar-refractivity contribution in [2.45, 2.75) is 32.7 Å². The highest BCUT2D eigenvalue weighted by Crippen LogP contribution is 2.13. The van der Waals surface area contributed by atoms with Crippen molar-refractivity contribution in [2.24, 2.45) is 11.7 Å². The number of primary amides is 1. The van der Waals surface area contributed by atoms with Gasteiger partial charge in [0.1, 0.15) is 6.04 Å². The second-order valence-electron chi connectivity index (χ2n) is 5.29. The molecule has 4 N–H and O–H groups in total. The third-order valence-corrected chi connectivity index (χ3v) is 3.20. The molecule has 5 nitrogen and oxygen atoms in total. The summed E-state index contributed by atoms with van der Waals surface area (Å²) in [7, 11) is 0. The van der Waals surface area contributed by atoms with Gasteiger partial charge >= 0.3 is 6.03 Å². The highest BCUT2D eigenvalue weighted by molar-refractivity contribution is 5.86. The van der Waals surface area contributed by atoms with Crippen LogP contribution in [0.25, 0.3) is 0 Å². The summed E-state index contributed by atoms with van der Waals surface area (Å²) in [5, 5.41) is 5.33. The summed E-state index contributed by atoms with van der Waals surface area (Å²) in [4.78, 5) is 23.0. The molecule has 20 heavy (non-hydrogen) atoms. The summed E-state index contributed by atoms with van der Waals surface area (Å²) >= 11 is 0. The number of hydrogen-bond donors (Lipinski definition) is 3. The lowest BCUT2D eigenvalue weighted by Crippen LogP contribution is -2.51. The zero-order chi connectivity index (χ0) is 15.1. The molecule has 0 fully saturated rings. The van der Waals surface area contributed by atoms with Crippen LogP contribution in [0.4, 0.5) is 4.79 Å². The van der Waals surface area contributed by atoms with E-state index in [0.717, 1.165) is 5.56 Å². The van der Waals surface area contributed by atoms with Gasteiger partial charge in [-0.2, -0.15) is 0 Å². The van der Waals surface area contributed by atoms with Gasteiger partial charge in [-0.05, 0) is 17.4 Å². The second-order valence-corrected chi connectivity index (χ2v) is 5.29. The first-order valence-corrected chi connectivity index (χ1v) is 6.80. The van der Waals surface area contributed by atoms with E-state index in [-0.39, 0.29) is 17.7 Å². The molecule has 0 aromatic heterocycles. The van der Waals surface area contributed by atoms with Gasteiger partial charge in [0, 0.05) is 6.54 Å². The Bertz CT molecular complexity index is 446. The fourth-order valence-corrected chi connectivity index (χ4v) is 1.95. The lowest BCUT2D eigenvalue weighted by Gasteiger charge is -2.22. The maximum atomic E-state index is 12.1. The number of carbonyl (C=O) groups is 2. The summed E-state index contributed by atoms with van der Waals surface area (Å²) in [6, 6.07) is 8.67. The number of urea groups is 1. The number of nitrogens with two attached hydrogens (primary N) is 1. The smallest absolute Gasteiger partial charge is 0.312 e. The molecule has 0 bridgehead atoms. The van der Waals surface area contributed by atoms with Gasteiger partial charge in [0.2, 0.25) is 5.91 Å². The zero-order valence-corrected chi connectivity index (χ0v) is 12.2. The molecule has 0 aliphatic heterocycles. The Morgan fingerprint density at radius 2 is 1.75 bits per heavy atom. The van der Waals surface area contributed by atoms with Crippen LogP contribution in [0.1, 0.15) is 32.3 Å². The highest BCUT2D eigenvalue weighted by atomic mass is 16.2. The van der Waals surface area contributed by atoms with Gasteiger partial charge < -0.3 is 16.4 Å². The Labute approximate surface area is 119 Å². The van der Waals surface area contributed by atoms with Crippen molar-refractivity contribution in [3.8, 4) is 0 Å². The first kappa shape index (κ1) is 16.0. The fourth-order valence-electron chi connectivity index (χ4n) is 1.95. The minimum atomic E-state index is -0.685. The monoisotopic (exact) mass is 277 g/mol. The normalized spacial score (nSPS) is 13.6. The van der Waals surface area contributed by atoms with E-state index >= 15 is 0 Å². The van der Waals surface area contributed by atoms with E-state index in [9.17, 15) is 9.59 Å².